The minimum Gasteiger partial charge on any atom is -0.412 e. The fourth-order valence-corrected chi connectivity index (χ4v) is 0.505. The van der Waals surface area contributed by atoms with Crippen LogP contribution in [0.25, 0.3) is 0 Å². The van der Waals surface area contributed by atoms with Crippen molar-refractivity contribution in [2.24, 2.45) is 0 Å². The molecule has 0 aliphatic carbocycles. The molecule has 0 fully saturated rings. The second-order valence-corrected chi connectivity index (χ2v) is 2.15. The van der Waals surface area contributed by atoms with E-state index in [0.29, 0.717) is 0 Å². The highest BCUT2D eigenvalue weighted by Gasteiger charge is 2.10. The average Bonchev–Trinajstić information content (AvgIpc) is 1.30. The smallest absolute Gasteiger partial charge is 0.412 e. The van der Waals surface area contributed by atoms with E-state index < -0.39 is 7.82 Å². The van der Waals surface area contributed by atoms with Crippen molar-refractivity contribution >= 4 is 20.2 Å². The van der Waals surface area contributed by atoms with Crippen LogP contribution in [0.15, 0.2) is 0 Å². The third-order valence-electron chi connectivity index (χ3n) is 0.297. The molecule has 0 aromatic rings. The molecule has 0 aromatic heterocycles. The standard InChI is InChI=1S/C2H7O4P.ClH.H2O/c1-2-6-7(3,4)5;;/h2H2,1H3,(H2,3,4,5);1H;1H2. The first-order valence-electron chi connectivity index (χ1n) is 1.76. The molecule has 0 saturated carbocycles. The lowest BCUT2D eigenvalue weighted by atomic mass is 10.9. The first kappa shape index (κ1) is 16.2. The normalized spacial score (nSPS) is 9.22. The highest BCUT2D eigenvalue weighted by molar-refractivity contribution is 7.46. The number of hydrogen-bond donors (Lipinski definition) is 2. The zero-order chi connectivity index (χ0) is 5.91. The average molecular weight is 181 g/mol. The zero-order valence-corrected chi connectivity index (χ0v) is 6.48. The lowest BCUT2D eigenvalue weighted by Crippen LogP contribution is -1.84. The van der Waals surface area contributed by atoms with Gasteiger partial charge in [-0.3, -0.25) is 4.52 Å². The molecule has 0 atom stereocenters. The first-order valence-corrected chi connectivity index (χ1v) is 3.29. The van der Waals surface area contributed by atoms with Crippen LogP contribution in [-0.4, -0.2) is 21.9 Å². The van der Waals surface area contributed by atoms with Crippen molar-refractivity contribution < 1.29 is 24.4 Å². The van der Waals surface area contributed by atoms with E-state index in [-0.39, 0.29) is 24.5 Å². The van der Waals surface area contributed by atoms with Gasteiger partial charge in [0.1, 0.15) is 0 Å². The molecule has 0 radical (unpaired) electrons. The van der Waals surface area contributed by atoms with E-state index in [4.69, 9.17) is 9.79 Å². The molecule has 0 spiro atoms. The molecule has 0 heterocycles. The minimum absolute atomic E-state index is 0. The Labute approximate surface area is 59.0 Å². The van der Waals surface area contributed by atoms with Crippen LogP contribution in [0.5, 0.6) is 0 Å². The Balaban J connectivity index is -0.000000180. The molecule has 4 N–H and O–H groups in total. The highest BCUT2D eigenvalue weighted by atomic mass is 35.5. The van der Waals surface area contributed by atoms with Gasteiger partial charge in [0.2, 0.25) is 0 Å². The van der Waals surface area contributed by atoms with Crippen LogP contribution in [-0.2, 0) is 9.09 Å². The molecule has 0 saturated heterocycles. The first-order chi connectivity index (χ1) is 3.06. The molecule has 5 nitrogen and oxygen atoms in total. The fraction of sp³-hybridized carbons (Fsp3) is 1.00. The minimum atomic E-state index is -4.17. The van der Waals surface area contributed by atoms with Crippen LogP contribution in [0.1, 0.15) is 6.92 Å². The van der Waals surface area contributed by atoms with Gasteiger partial charge in [-0.1, -0.05) is 0 Å². The van der Waals surface area contributed by atoms with Crippen LogP contribution in [0.2, 0.25) is 0 Å². The summed E-state index contributed by atoms with van der Waals surface area (Å²) in [4.78, 5) is 15.8. The van der Waals surface area contributed by atoms with Crippen LogP contribution in [0, 0.1) is 0 Å². The molecule has 0 aliphatic rings. The summed E-state index contributed by atoms with van der Waals surface area (Å²) in [5.74, 6) is 0. The molecule has 0 rings (SSSR count). The van der Waals surface area contributed by atoms with Gasteiger partial charge in [0.05, 0.1) is 6.61 Å². The Hall–Kier alpha value is 0.360. The van der Waals surface area contributed by atoms with Gasteiger partial charge in [-0.2, -0.15) is 0 Å². The number of phosphoric acid groups is 1. The molecule has 60 valence electrons. The summed E-state index contributed by atoms with van der Waals surface area (Å²) in [5, 5.41) is 0. The maximum absolute atomic E-state index is 9.70. The molecule has 9 heavy (non-hydrogen) atoms. The van der Waals surface area contributed by atoms with E-state index >= 15 is 0 Å². The summed E-state index contributed by atoms with van der Waals surface area (Å²) >= 11 is 0. The molecule has 0 aromatic carbocycles. The number of rotatable bonds is 2. The van der Waals surface area contributed by atoms with Gasteiger partial charge < -0.3 is 15.3 Å². The Morgan fingerprint density at radius 2 is 1.89 bits per heavy atom. The van der Waals surface area contributed by atoms with Crippen molar-refractivity contribution in [2.45, 2.75) is 6.92 Å². The summed E-state index contributed by atoms with van der Waals surface area (Å²) in [6, 6.07) is 0. The van der Waals surface area contributed by atoms with Crippen molar-refractivity contribution in [1.29, 1.82) is 0 Å². The van der Waals surface area contributed by atoms with Crippen molar-refractivity contribution in [1.82, 2.24) is 0 Å². The molecular weight excluding hydrogens is 170 g/mol. The van der Waals surface area contributed by atoms with Gasteiger partial charge >= 0.3 is 7.82 Å². The fourth-order valence-electron chi connectivity index (χ4n) is 0.168. The largest absolute Gasteiger partial charge is 0.469 e. The number of hydrogen-bond acceptors (Lipinski definition) is 2. The van der Waals surface area contributed by atoms with Gasteiger partial charge in [-0.05, 0) is 6.92 Å². The summed E-state index contributed by atoms with van der Waals surface area (Å²) < 4.78 is 13.6. The molecule has 0 amide bonds. The van der Waals surface area contributed by atoms with Crippen LogP contribution < -0.4 is 0 Å². The van der Waals surface area contributed by atoms with E-state index in [2.05, 4.69) is 4.52 Å². The van der Waals surface area contributed by atoms with Crippen molar-refractivity contribution in [3.05, 3.63) is 0 Å². The summed E-state index contributed by atoms with van der Waals surface area (Å²) in [6.45, 7) is 1.56. The van der Waals surface area contributed by atoms with Crippen LogP contribution in [0.3, 0.4) is 0 Å². The zero-order valence-electron chi connectivity index (χ0n) is 4.77. The number of halogens is 1. The van der Waals surface area contributed by atoms with E-state index in [1.54, 1.807) is 0 Å². The second-order valence-electron chi connectivity index (χ2n) is 0.908. The van der Waals surface area contributed by atoms with E-state index in [1.807, 2.05) is 0 Å². The summed E-state index contributed by atoms with van der Waals surface area (Å²) in [7, 11) is -4.17. The lowest BCUT2D eigenvalue weighted by molar-refractivity contribution is 0.206. The van der Waals surface area contributed by atoms with Crippen LogP contribution >= 0.6 is 20.2 Å². The van der Waals surface area contributed by atoms with E-state index in [1.165, 1.54) is 6.92 Å². The predicted octanol–water partition coefficient (Wildman–Crippen LogP) is -0.287. The van der Waals surface area contributed by atoms with Crippen molar-refractivity contribution in [3.63, 3.8) is 0 Å². The Morgan fingerprint density at radius 1 is 1.56 bits per heavy atom. The number of phosphoric ester groups is 1. The van der Waals surface area contributed by atoms with Gasteiger partial charge in [0, 0.05) is 0 Å². The van der Waals surface area contributed by atoms with E-state index in [0.717, 1.165) is 0 Å². The van der Waals surface area contributed by atoms with Gasteiger partial charge in [-0.25, -0.2) is 4.57 Å². The Kier molecular flexibility index (Phi) is 11.6. The lowest BCUT2D eigenvalue weighted by Gasteiger charge is -1.98. The monoisotopic (exact) mass is 180 g/mol. The summed E-state index contributed by atoms with van der Waals surface area (Å²) in [5.41, 5.74) is 0. The van der Waals surface area contributed by atoms with Gasteiger partial charge in [0.25, 0.3) is 0 Å². The predicted molar refractivity (Wildman–Crippen MR) is 34.5 cm³/mol. The molecule has 7 heteroatoms. The third-order valence-corrected chi connectivity index (χ3v) is 0.892. The molecule has 0 unspecified atom stereocenters. The molecule has 0 bridgehead atoms. The van der Waals surface area contributed by atoms with Crippen molar-refractivity contribution in [2.75, 3.05) is 6.61 Å². The maximum Gasteiger partial charge on any atom is 0.469 e. The summed E-state index contributed by atoms with van der Waals surface area (Å²) in [6.07, 6.45) is 0. The molecular formula is C2H10ClO5P. The van der Waals surface area contributed by atoms with Crippen LogP contribution in [0.4, 0.5) is 0 Å². The van der Waals surface area contributed by atoms with E-state index in [9.17, 15) is 4.57 Å². The Morgan fingerprint density at radius 3 is 1.89 bits per heavy atom. The van der Waals surface area contributed by atoms with Gasteiger partial charge in [-0.15, -0.1) is 12.4 Å². The Bertz CT molecular complexity index is 89.0. The van der Waals surface area contributed by atoms with Gasteiger partial charge in [0.15, 0.2) is 0 Å². The quantitative estimate of drug-likeness (QED) is 0.571. The highest BCUT2D eigenvalue weighted by Crippen LogP contribution is 2.34. The molecule has 0 aliphatic heterocycles. The topological polar surface area (TPSA) is 98.3 Å². The maximum atomic E-state index is 9.70. The SMILES string of the molecule is CCOP(=O)(O)O.Cl.O. The van der Waals surface area contributed by atoms with Crippen molar-refractivity contribution in [3.8, 4) is 0 Å². The third kappa shape index (κ3) is 17.8. The second kappa shape index (κ2) is 6.48.